The van der Waals surface area contributed by atoms with E-state index in [0.717, 1.165) is 19.3 Å². The van der Waals surface area contributed by atoms with Gasteiger partial charge in [-0.15, -0.1) is 0 Å². The van der Waals surface area contributed by atoms with Gasteiger partial charge in [0, 0.05) is 0 Å². The van der Waals surface area contributed by atoms with Crippen LogP contribution in [0.15, 0.2) is 24.3 Å². The Morgan fingerprint density at radius 1 is 1.24 bits per heavy atom. The van der Waals surface area contributed by atoms with E-state index >= 15 is 0 Å². The van der Waals surface area contributed by atoms with Gasteiger partial charge in [0.1, 0.15) is 0 Å². The Kier molecular flexibility index (Phi) is 6.37. The van der Waals surface area contributed by atoms with Crippen molar-refractivity contribution in [2.45, 2.75) is 51.6 Å². The van der Waals surface area contributed by atoms with Crippen molar-refractivity contribution in [3.63, 3.8) is 0 Å². The highest BCUT2D eigenvalue weighted by Gasteiger charge is 2.29. The van der Waals surface area contributed by atoms with Crippen LogP contribution in [-0.4, -0.2) is 36.4 Å². The van der Waals surface area contributed by atoms with Gasteiger partial charge in [-0.3, -0.25) is 0 Å². The van der Waals surface area contributed by atoms with Gasteiger partial charge in [-0.1, -0.05) is 31.4 Å². The van der Waals surface area contributed by atoms with E-state index in [-0.39, 0.29) is 5.97 Å². The number of carbonyl (C=O) groups excluding carboxylic acids is 2. The zero-order chi connectivity index (χ0) is 18.4. The average Bonchev–Trinajstić information content (AvgIpc) is 2.59. The van der Waals surface area contributed by atoms with E-state index in [4.69, 9.17) is 9.47 Å². The fourth-order valence-corrected chi connectivity index (χ4v) is 3.22. The molecular formula is C20H26O5. The monoisotopic (exact) mass is 346 g/mol. The molecule has 0 saturated heterocycles. The third kappa shape index (κ3) is 4.69. The lowest BCUT2D eigenvalue weighted by Crippen LogP contribution is -2.29. The van der Waals surface area contributed by atoms with Crippen LogP contribution in [-0.2, 0) is 14.3 Å². The molecule has 1 aliphatic carbocycles. The predicted molar refractivity (Wildman–Crippen MR) is 95.2 cm³/mol. The van der Waals surface area contributed by atoms with Crippen LogP contribution in [0.1, 0.15) is 60.5 Å². The van der Waals surface area contributed by atoms with Gasteiger partial charge in [-0.25, -0.2) is 9.59 Å². The first-order valence-electron chi connectivity index (χ1n) is 8.72. The van der Waals surface area contributed by atoms with Crippen LogP contribution in [0.4, 0.5) is 0 Å². The second-order valence-electron chi connectivity index (χ2n) is 6.46. The topological polar surface area (TPSA) is 72.8 Å². The summed E-state index contributed by atoms with van der Waals surface area (Å²) in [6.45, 7) is 3.85. The van der Waals surface area contributed by atoms with Crippen molar-refractivity contribution in [3.8, 4) is 0 Å². The minimum absolute atomic E-state index is 0.306. The molecule has 1 saturated carbocycles. The second-order valence-corrected chi connectivity index (χ2v) is 6.46. The van der Waals surface area contributed by atoms with Crippen LogP contribution in [0.5, 0.6) is 0 Å². The highest BCUT2D eigenvalue weighted by Crippen LogP contribution is 2.32. The number of aryl methyl sites for hydroxylation is 1. The maximum absolute atomic E-state index is 12.3. The molecule has 0 unspecified atom stereocenters. The quantitative estimate of drug-likeness (QED) is 0.653. The Morgan fingerprint density at radius 2 is 1.92 bits per heavy atom. The Labute approximate surface area is 148 Å². The second kappa shape index (κ2) is 8.30. The van der Waals surface area contributed by atoms with Crippen LogP contribution in [0.25, 0.3) is 5.57 Å². The maximum Gasteiger partial charge on any atom is 0.338 e. The van der Waals surface area contributed by atoms with Gasteiger partial charge in [0.15, 0.2) is 0 Å². The summed E-state index contributed by atoms with van der Waals surface area (Å²) >= 11 is 0. The van der Waals surface area contributed by atoms with Gasteiger partial charge in [0.25, 0.3) is 0 Å². The third-order valence-corrected chi connectivity index (χ3v) is 4.57. The molecule has 1 aliphatic rings. The number of hydrogen-bond acceptors (Lipinski definition) is 5. The Morgan fingerprint density at radius 3 is 2.48 bits per heavy atom. The zero-order valence-electron chi connectivity index (χ0n) is 15.1. The molecule has 5 nitrogen and oxygen atoms in total. The van der Waals surface area contributed by atoms with Gasteiger partial charge < -0.3 is 14.6 Å². The molecule has 0 aliphatic heterocycles. The molecule has 0 aromatic heterocycles. The van der Waals surface area contributed by atoms with Crippen molar-refractivity contribution >= 4 is 17.5 Å². The number of hydrogen-bond donors (Lipinski definition) is 1. The fourth-order valence-electron chi connectivity index (χ4n) is 3.22. The number of carbonyl (C=O) groups is 2. The summed E-state index contributed by atoms with van der Waals surface area (Å²) in [4.78, 5) is 24.2. The molecule has 0 radical (unpaired) electrons. The molecule has 0 heterocycles. The molecule has 5 heteroatoms. The molecule has 0 spiro atoms. The Balaban J connectivity index is 2.40. The largest absolute Gasteiger partial charge is 0.465 e. The summed E-state index contributed by atoms with van der Waals surface area (Å²) in [5, 5.41) is 10.8. The smallest absolute Gasteiger partial charge is 0.338 e. The van der Waals surface area contributed by atoms with Crippen molar-refractivity contribution in [3.05, 3.63) is 41.0 Å². The lowest BCUT2D eigenvalue weighted by molar-refractivity contribution is -0.133. The summed E-state index contributed by atoms with van der Waals surface area (Å²) in [6, 6.07) is 5.08. The summed E-state index contributed by atoms with van der Waals surface area (Å²) in [6.07, 6.45) is 5.85. The number of ether oxygens (including phenoxy) is 2. The lowest BCUT2D eigenvalue weighted by atomic mass is 9.82. The van der Waals surface area contributed by atoms with Crippen molar-refractivity contribution < 1.29 is 24.2 Å². The number of rotatable bonds is 5. The van der Waals surface area contributed by atoms with Crippen molar-refractivity contribution in [1.82, 2.24) is 0 Å². The van der Waals surface area contributed by atoms with Crippen molar-refractivity contribution in [1.29, 1.82) is 0 Å². The van der Waals surface area contributed by atoms with E-state index in [9.17, 15) is 14.7 Å². The first-order chi connectivity index (χ1) is 11.9. The summed E-state index contributed by atoms with van der Waals surface area (Å²) in [7, 11) is 1.32. The Hall–Kier alpha value is -2.14. The normalized spacial score (nSPS) is 17.0. The molecule has 25 heavy (non-hydrogen) atoms. The summed E-state index contributed by atoms with van der Waals surface area (Å²) < 4.78 is 9.93. The van der Waals surface area contributed by atoms with Gasteiger partial charge in [0.2, 0.25) is 0 Å². The highest BCUT2D eigenvalue weighted by atomic mass is 16.5. The molecule has 1 aromatic rings. The Bertz CT molecular complexity index is 669. The molecule has 0 bridgehead atoms. The van der Waals surface area contributed by atoms with Crippen LogP contribution in [0.3, 0.4) is 0 Å². The van der Waals surface area contributed by atoms with E-state index in [1.807, 2.05) is 0 Å². The molecule has 136 valence electrons. The first kappa shape index (κ1) is 19.2. The zero-order valence-corrected chi connectivity index (χ0v) is 15.1. The fraction of sp³-hybridized carbons (Fsp3) is 0.500. The summed E-state index contributed by atoms with van der Waals surface area (Å²) in [5.41, 5.74) is 1.13. The van der Waals surface area contributed by atoms with E-state index in [1.54, 1.807) is 38.1 Å². The number of methoxy groups -OCH3 is 1. The lowest BCUT2D eigenvalue weighted by Gasteiger charge is -2.29. The predicted octanol–water partition coefficient (Wildman–Crippen LogP) is 3.42. The molecule has 1 fully saturated rings. The van der Waals surface area contributed by atoms with Crippen LogP contribution in [0, 0.1) is 6.92 Å². The minimum Gasteiger partial charge on any atom is -0.465 e. The van der Waals surface area contributed by atoms with E-state index in [1.165, 1.54) is 7.11 Å². The van der Waals surface area contributed by atoms with Gasteiger partial charge in [0.05, 0.1) is 30.5 Å². The van der Waals surface area contributed by atoms with Gasteiger partial charge >= 0.3 is 11.9 Å². The maximum atomic E-state index is 12.3. The highest BCUT2D eigenvalue weighted by molar-refractivity contribution is 6.16. The summed E-state index contributed by atoms with van der Waals surface area (Å²) in [5.74, 6) is -0.886. The number of aliphatic hydroxyl groups is 1. The molecule has 1 aromatic carbocycles. The standard InChI is InChI=1S/C20H26O5/c1-4-25-19(22)16-9-8-15(12-14(16)2)17(18(21)24-3)13-20(23)10-6-5-7-11-20/h8-9,12-13,23H,4-7,10-11H2,1-3H3/b17-13-. The van der Waals surface area contributed by atoms with Crippen LogP contribution >= 0.6 is 0 Å². The van der Waals surface area contributed by atoms with Crippen molar-refractivity contribution in [2.24, 2.45) is 0 Å². The number of benzene rings is 1. The van der Waals surface area contributed by atoms with Gasteiger partial charge in [-0.05, 0) is 50.0 Å². The van der Waals surface area contributed by atoms with E-state index < -0.39 is 11.6 Å². The molecule has 0 atom stereocenters. The van der Waals surface area contributed by atoms with Crippen LogP contribution < -0.4 is 0 Å². The molecule has 1 N–H and O–H groups in total. The minimum atomic E-state index is -0.991. The third-order valence-electron chi connectivity index (χ3n) is 4.57. The molecule has 2 rings (SSSR count). The molecular weight excluding hydrogens is 320 g/mol. The van der Waals surface area contributed by atoms with Gasteiger partial charge in [-0.2, -0.15) is 0 Å². The van der Waals surface area contributed by atoms with E-state index in [2.05, 4.69) is 0 Å². The van der Waals surface area contributed by atoms with Crippen LogP contribution in [0.2, 0.25) is 0 Å². The SMILES string of the molecule is CCOC(=O)c1ccc(/C(=C/C2(O)CCCCC2)C(=O)OC)cc1C. The van der Waals surface area contributed by atoms with E-state index in [0.29, 0.717) is 41.7 Å². The van der Waals surface area contributed by atoms with Crippen molar-refractivity contribution in [2.75, 3.05) is 13.7 Å². The first-order valence-corrected chi connectivity index (χ1v) is 8.72. The average molecular weight is 346 g/mol. The number of esters is 2. The molecule has 0 amide bonds.